The number of unbranched alkanes of at least 4 members (excludes halogenated alkanes) is 12. The van der Waals surface area contributed by atoms with Gasteiger partial charge in [-0.25, -0.2) is 4.79 Å². The van der Waals surface area contributed by atoms with Gasteiger partial charge in [-0.2, -0.15) is 0 Å². The van der Waals surface area contributed by atoms with Crippen molar-refractivity contribution in [2.24, 2.45) is 0 Å². The van der Waals surface area contributed by atoms with E-state index < -0.39 is 0 Å². The molecule has 0 aliphatic carbocycles. The Bertz CT molecular complexity index is 174. The smallest absolute Gasteiger partial charge is 0.417 e. The Morgan fingerprint density at radius 1 is 0.632 bits per heavy atom. The van der Waals surface area contributed by atoms with Gasteiger partial charge in [-0.3, -0.25) is 0 Å². The maximum absolute atomic E-state index is 9.79. The van der Waals surface area contributed by atoms with Gasteiger partial charge in [-0.1, -0.05) is 93.2 Å². The third-order valence-electron chi connectivity index (χ3n) is 3.44. The Kier molecular flexibility index (Phi) is 18.4. The van der Waals surface area contributed by atoms with Crippen molar-refractivity contribution >= 4 is 29.1 Å². The summed E-state index contributed by atoms with van der Waals surface area (Å²) in [6, 6.07) is 0. The van der Waals surface area contributed by atoms with Gasteiger partial charge >= 0.3 is 6.47 Å². The highest BCUT2D eigenvalue weighted by atomic mass is 127. The van der Waals surface area contributed by atoms with E-state index in [0.29, 0.717) is 6.61 Å². The molecule has 3 heteroatoms. The van der Waals surface area contributed by atoms with E-state index in [1.807, 2.05) is 0 Å². The van der Waals surface area contributed by atoms with Crippen LogP contribution in [0, 0.1) is 0 Å². The van der Waals surface area contributed by atoms with Gasteiger partial charge in [0.25, 0.3) is 0 Å². The van der Waals surface area contributed by atoms with E-state index in [2.05, 4.69) is 27.3 Å². The number of rotatable bonds is 16. The Balaban J connectivity index is 2.89. The van der Waals surface area contributed by atoms with Crippen LogP contribution in [0.4, 0.5) is 0 Å². The monoisotopic (exact) mass is 381 g/mol. The second-order valence-corrected chi connectivity index (χ2v) is 6.30. The van der Waals surface area contributed by atoms with Crippen molar-refractivity contribution in [2.75, 3.05) is 11.0 Å². The van der Waals surface area contributed by atoms with Crippen molar-refractivity contribution < 1.29 is 9.53 Å². The molecule has 0 saturated carbocycles. The summed E-state index contributed by atoms with van der Waals surface area (Å²) in [6.07, 6.45) is 17.5. The van der Waals surface area contributed by atoms with Crippen LogP contribution in [-0.2, 0) is 9.53 Å². The molecule has 0 amide bonds. The molecule has 0 aliphatic heterocycles. The molecule has 0 bridgehead atoms. The van der Waals surface area contributed by atoms with Crippen LogP contribution in [-0.4, -0.2) is 17.5 Å². The van der Waals surface area contributed by atoms with E-state index in [9.17, 15) is 4.79 Å². The Morgan fingerprint density at radius 2 is 1.00 bits per heavy atom. The van der Waals surface area contributed by atoms with Crippen LogP contribution in [0.1, 0.15) is 83.5 Å². The van der Waals surface area contributed by atoms with Gasteiger partial charge in [-0.05, 0) is 17.3 Å². The van der Waals surface area contributed by atoms with Gasteiger partial charge in [0.15, 0.2) is 0 Å². The summed E-state index contributed by atoms with van der Waals surface area (Å²) in [5.41, 5.74) is 0. The van der Waals surface area contributed by atoms with Crippen LogP contribution >= 0.6 is 22.6 Å². The lowest BCUT2D eigenvalue weighted by atomic mass is 10.0. The summed E-state index contributed by atoms with van der Waals surface area (Å²) in [7, 11) is 0. The van der Waals surface area contributed by atoms with Crippen molar-refractivity contribution in [3.8, 4) is 0 Å². The van der Waals surface area contributed by atoms with Gasteiger partial charge in [0, 0.05) is 0 Å². The van der Waals surface area contributed by atoms with E-state index in [-0.39, 0.29) is 0 Å². The predicted molar refractivity (Wildman–Crippen MR) is 90.6 cm³/mol. The van der Waals surface area contributed by atoms with Crippen molar-refractivity contribution in [1.29, 1.82) is 0 Å². The fourth-order valence-electron chi connectivity index (χ4n) is 2.25. The lowest BCUT2D eigenvalue weighted by Crippen LogP contribution is -1.91. The topological polar surface area (TPSA) is 26.3 Å². The summed E-state index contributed by atoms with van der Waals surface area (Å²) in [5, 5.41) is 0. The molecule has 0 spiro atoms. The van der Waals surface area contributed by atoms with Gasteiger partial charge < -0.3 is 4.74 Å². The highest BCUT2D eigenvalue weighted by molar-refractivity contribution is 14.1. The first-order valence-corrected chi connectivity index (χ1v) is 9.49. The molecule has 0 rings (SSSR count). The molecule has 19 heavy (non-hydrogen) atoms. The van der Waals surface area contributed by atoms with E-state index >= 15 is 0 Å². The summed E-state index contributed by atoms with van der Waals surface area (Å²) < 4.78 is 5.85. The molecule has 0 aromatic rings. The molecule has 0 saturated heterocycles. The van der Waals surface area contributed by atoms with E-state index in [4.69, 9.17) is 0 Å². The fourth-order valence-corrected chi connectivity index (χ4v) is 2.79. The molecule has 0 aliphatic rings. The highest BCUT2D eigenvalue weighted by Gasteiger charge is 1.94. The van der Waals surface area contributed by atoms with Gasteiger partial charge in [0.1, 0.15) is 0 Å². The SMILES string of the molecule is O=[C]OCCCCCCCCCCCCCCCI. The highest BCUT2D eigenvalue weighted by Crippen LogP contribution is 2.12. The molecule has 0 N–H and O–H groups in total. The number of ether oxygens (including phenoxy) is 1. The van der Waals surface area contributed by atoms with Crippen LogP contribution < -0.4 is 0 Å². The predicted octanol–water partition coefficient (Wildman–Crippen LogP) is 5.58. The van der Waals surface area contributed by atoms with Crippen LogP contribution in [0.25, 0.3) is 0 Å². The van der Waals surface area contributed by atoms with Gasteiger partial charge in [-0.15, -0.1) is 0 Å². The zero-order valence-corrected chi connectivity index (χ0v) is 14.5. The minimum Gasteiger partial charge on any atom is -0.457 e. The molecule has 2 nitrogen and oxygen atoms in total. The van der Waals surface area contributed by atoms with E-state index in [1.54, 1.807) is 0 Å². The molecule has 0 aromatic carbocycles. The summed E-state index contributed by atoms with van der Waals surface area (Å²) in [5.74, 6) is 0. The van der Waals surface area contributed by atoms with Crippen LogP contribution in [0.2, 0.25) is 0 Å². The third-order valence-corrected chi connectivity index (χ3v) is 4.20. The number of halogens is 1. The Morgan fingerprint density at radius 3 is 1.37 bits per heavy atom. The van der Waals surface area contributed by atoms with Crippen LogP contribution in [0.3, 0.4) is 0 Å². The average Bonchev–Trinajstić information content (AvgIpc) is 2.43. The first kappa shape index (κ1) is 19.2. The lowest BCUT2D eigenvalue weighted by molar-refractivity contribution is 0.268. The molecular weight excluding hydrogens is 351 g/mol. The van der Waals surface area contributed by atoms with Crippen molar-refractivity contribution in [1.82, 2.24) is 0 Å². The van der Waals surface area contributed by atoms with Crippen LogP contribution in [0.5, 0.6) is 0 Å². The van der Waals surface area contributed by atoms with E-state index in [0.717, 1.165) is 6.42 Å². The summed E-state index contributed by atoms with van der Waals surface area (Å²) in [4.78, 5) is 9.79. The number of hydrogen-bond acceptors (Lipinski definition) is 2. The minimum atomic E-state index is 0.543. The average molecular weight is 381 g/mol. The summed E-state index contributed by atoms with van der Waals surface area (Å²) >= 11 is 2.46. The van der Waals surface area contributed by atoms with Gasteiger partial charge in [0.05, 0.1) is 6.61 Å². The quantitative estimate of drug-likeness (QED) is 0.198. The first-order chi connectivity index (χ1) is 9.41. The maximum Gasteiger partial charge on any atom is 0.417 e. The number of carbonyl (C=O) groups excluding carboxylic acids is 1. The van der Waals surface area contributed by atoms with Crippen molar-refractivity contribution in [3.63, 3.8) is 0 Å². The zero-order chi connectivity index (χ0) is 14.0. The Hall–Kier alpha value is 0.200. The first-order valence-electron chi connectivity index (χ1n) is 7.96. The largest absolute Gasteiger partial charge is 0.457 e. The minimum absolute atomic E-state index is 0.543. The standard InChI is InChI=1S/C16H30IO2/c17-14-12-10-8-6-4-2-1-3-5-7-9-11-13-15-19-16-18/h1-15H2. The molecule has 113 valence electrons. The Labute approximate surface area is 133 Å². The molecule has 0 aromatic heterocycles. The molecular formula is C16H30IO2. The number of hydrogen-bond donors (Lipinski definition) is 0. The second-order valence-electron chi connectivity index (χ2n) is 5.22. The lowest BCUT2D eigenvalue weighted by Gasteiger charge is -2.02. The van der Waals surface area contributed by atoms with E-state index in [1.165, 1.54) is 87.9 Å². The fraction of sp³-hybridized carbons (Fsp3) is 0.938. The number of alkyl halides is 1. The molecule has 1 radical (unpaired) electrons. The van der Waals surface area contributed by atoms with Crippen molar-refractivity contribution in [2.45, 2.75) is 83.5 Å². The summed E-state index contributed by atoms with van der Waals surface area (Å²) in [6.45, 7) is 2.01. The normalized spacial score (nSPS) is 10.6. The zero-order valence-electron chi connectivity index (χ0n) is 12.3. The molecule has 0 heterocycles. The van der Waals surface area contributed by atoms with Gasteiger partial charge in [0.2, 0.25) is 0 Å². The molecule has 0 unspecified atom stereocenters. The molecule has 0 fully saturated rings. The van der Waals surface area contributed by atoms with Crippen LogP contribution in [0.15, 0.2) is 0 Å². The third kappa shape index (κ3) is 18.2. The van der Waals surface area contributed by atoms with Crippen molar-refractivity contribution in [3.05, 3.63) is 0 Å². The second kappa shape index (κ2) is 18.2. The maximum atomic E-state index is 9.79. The molecule has 0 atom stereocenters.